The van der Waals surface area contributed by atoms with E-state index in [1.54, 1.807) is 20.8 Å². The first kappa shape index (κ1) is 26.7. The van der Waals surface area contributed by atoms with Crippen molar-refractivity contribution < 1.29 is 46.5 Å². The van der Waals surface area contributed by atoms with Gasteiger partial charge < -0.3 is 31.1 Å². The van der Waals surface area contributed by atoms with Crippen LogP contribution in [0.2, 0.25) is 0 Å². The zero-order valence-corrected chi connectivity index (χ0v) is 19.7. The Labute approximate surface area is 197 Å². The predicted octanol–water partition coefficient (Wildman–Crippen LogP) is -1.62. The van der Waals surface area contributed by atoms with Crippen molar-refractivity contribution in [2.45, 2.75) is 38.5 Å². The number of hydrogen-bond donors (Lipinski definition) is 4. The van der Waals surface area contributed by atoms with Crippen LogP contribution in [0, 0.1) is 0 Å². The fraction of sp³-hybridized carbons (Fsp3) is 0.500. The molecule has 2 rings (SSSR count). The number of oxime groups is 1. The molecule has 16 nitrogen and oxygen atoms in total. The molecule has 1 fully saturated rings. The number of carbonyl (C=O) groups is 4. The highest BCUT2D eigenvalue weighted by atomic mass is 32.2. The summed E-state index contributed by atoms with van der Waals surface area (Å²) in [5, 5.41) is 7.16. The van der Waals surface area contributed by atoms with Gasteiger partial charge in [0.15, 0.2) is 10.8 Å². The van der Waals surface area contributed by atoms with Crippen molar-refractivity contribution >= 4 is 56.4 Å². The van der Waals surface area contributed by atoms with Crippen LogP contribution in [0.1, 0.15) is 26.5 Å². The van der Waals surface area contributed by atoms with E-state index in [2.05, 4.69) is 20.2 Å². The monoisotopic (exact) mass is 522 g/mol. The minimum Gasteiger partial charge on any atom is -0.457 e. The Morgan fingerprint density at radius 1 is 1.35 bits per heavy atom. The van der Waals surface area contributed by atoms with Gasteiger partial charge in [0.2, 0.25) is 6.61 Å². The number of ether oxygens (including phenoxy) is 2. The first-order chi connectivity index (χ1) is 15.6. The maximum Gasteiger partial charge on any atom is 0.404 e. The van der Waals surface area contributed by atoms with E-state index in [9.17, 15) is 32.1 Å². The van der Waals surface area contributed by atoms with Gasteiger partial charge in [0, 0.05) is 5.38 Å². The highest BCUT2D eigenvalue weighted by Gasteiger charge is 2.54. The molecular weight excluding hydrogens is 500 g/mol. The molecule has 1 saturated heterocycles. The Morgan fingerprint density at radius 3 is 2.50 bits per heavy atom. The van der Waals surface area contributed by atoms with E-state index < -0.39 is 70.8 Å². The Balaban J connectivity index is 2.21. The maximum atomic E-state index is 12.8. The van der Waals surface area contributed by atoms with Crippen LogP contribution in [-0.2, 0) is 39.0 Å². The molecule has 0 unspecified atom stereocenters. The third-order valence-corrected chi connectivity index (χ3v) is 5.46. The number of carbonyl (C=O) groups excluding carboxylic acids is 4. The average Bonchev–Trinajstić information content (AvgIpc) is 3.09. The molecule has 18 heteroatoms. The van der Waals surface area contributed by atoms with Gasteiger partial charge in [0.05, 0.1) is 0 Å². The second-order valence-corrected chi connectivity index (χ2v) is 9.81. The number of esters is 1. The van der Waals surface area contributed by atoms with Crippen molar-refractivity contribution in [3.05, 3.63) is 11.1 Å². The maximum absolute atomic E-state index is 12.8. The molecule has 0 aromatic carbocycles. The molecule has 1 aliphatic rings. The zero-order valence-electron chi connectivity index (χ0n) is 18.1. The molecule has 1 aromatic heterocycles. The molecule has 1 aliphatic heterocycles. The summed E-state index contributed by atoms with van der Waals surface area (Å²) in [7, 11) is -5.02. The van der Waals surface area contributed by atoms with E-state index in [0.29, 0.717) is 0 Å². The average molecular weight is 523 g/mol. The summed E-state index contributed by atoms with van der Waals surface area (Å²) < 4.78 is 41.7. The number of hydrogen-bond acceptors (Lipinski definition) is 13. The lowest BCUT2D eigenvalue weighted by Crippen LogP contribution is -2.73. The largest absolute Gasteiger partial charge is 0.457 e. The number of aromatic nitrogens is 1. The van der Waals surface area contributed by atoms with Crippen LogP contribution in [0.3, 0.4) is 0 Å². The van der Waals surface area contributed by atoms with Crippen molar-refractivity contribution in [1.29, 1.82) is 0 Å². The molecule has 0 spiro atoms. The van der Waals surface area contributed by atoms with E-state index >= 15 is 0 Å². The Hall–Kier alpha value is -3.51. The van der Waals surface area contributed by atoms with Crippen LogP contribution in [-0.4, -0.2) is 82.7 Å². The molecule has 0 saturated carbocycles. The number of nitrogens with two attached hydrogens (primary N) is 2. The van der Waals surface area contributed by atoms with Gasteiger partial charge in [-0.05, 0) is 20.8 Å². The highest BCUT2D eigenvalue weighted by Crippen LogP contribution is 2.24. The van der Waals surface area contributed by atoms with E-state index in [-0.39, 0.29) is 15.1 Å². The minimum atomic E-state index is -5.02. The lowest BCUT2D eigenvalue weighted by atomic mass is 9.99. The minimum absolute atomic E-state index is 0.0114. The van der Waals surface area contributed by atoms with Crippen LogP contribution in [0.25, 0.3) is 0 Å². The normalized spacial score (nSPS) is 18.6. The van der Waals surface area contributed by atoms with E-state index in [1.807, 2.05) is 0 Å². The molecule has 6 N–H and O–H groups in total. The van der Waals surface area contributed by atoms with Gasteiger partial charge in [-0.1, -0.05) is 5.16 Å². The first-order valence-corrected chi connectivity index (χ1v) is 11.5. The van der Waals surface area contributed by atoms with Crippen molar-refractivity contribution in [2.24, 2.45) is 10.9 Å². The molecule has 0 radical (unpaired) electrons. The Bertz CT molecular complexity index is 1110. The van der Waals surface area contributed by atoms with Crippen LogP contribution >= 0.6 is 11.3 Å². The lowest BCUT2D eigenvalue weighted by Gasteiger charge is -2.43. The van der Waals surface area contributed by atoms with Crippen LogP contribution < -0.4 is 16.8 Å². The summed E-state index contributed by atoms with van der Waals surface area (Å²) in [6.07, 6.45) is -1.28. The van der Waals surface area contributed by atoms with Crippen LogP contribution in [0.15, 0.2) is 10.5 Å². The summed E-state index contributed by atoms with van der Waals surface area (Å²) in [4.78, 5) is 56.5. The van der Waals surface area contributed by atoms with Crippen molar-refractivity contribution in [3.8, 4) is 0 Å². The Morgan fingerprint density at radius 2 is 2.00 bits per heavy atom. The number of thiazole rings is 1. The number of rotatable bonds is 9. The van der Waals surface area contributed by atoms with Gasteiger partial charge in [0.25, 0.3) is 11.8 Å². The van der Waals surface area contributed by atoms with Gasteiger partial charge in [0.1, 0.15) is 30.0 Å². The van der Waals surface area contributed by atoms with Crippen LogP contribution in [0.5, 0.6) is 0 Å². The van der Waals surface area contributed by atoms with E-state index in [1.165, 1.54) is 5.38 Å². The van der Waals surface area contributed by atoms with Gasteiger partial charge in [-0.25, -0.2) is 18.9 Å². The number of β-lactam (4-membered cyclic amide) rings is 1. The first-order valence-electron chi connectivity index (χ1n) is 9.27. The number of amides is 3. The van der Waals surface area contributed by atoms with Crippen molar-refractivity contribution in [1.82, 2.24) is 14.6 Å². The third-order valence-electron chi connectivity index (χ3n) is 3.84. The number of primary amides is 1. The topological polar surface area (TPSA) is 243 Å². The molecular formula is C16H22N6O10S2. The molecule has 1 aromatic rings. The molecule has 34 heavy (non-hydrogen) atoms. The summed E-state index contributed by atoms with van der Waals surface area (Å²) in [6.45, 7) is 3.48. The third kappa shape index (κ3) is 6.99. The molecule has 3 amide bonds. The van der Waals surface area contributed by atoms with Crippen molar-refractivity contribution in [3.63, 3.8) is 0 Å². The Kier molecular flexibility index (Phi) is 8.01. The molecule has 2 atom stereocenters. The predicted molar refractivity (Wildman–Crippen MR) is 115 cm³/mol. The fourth-order valence-corrected chi connectivity index (χ4v) is 4.04. The van der Waals surface area contributed by atoms with E-state index in [0.717, 1.165) is 11.3 Å². The lowest BCUT2D eigenvalue weighted by molar-refractivity contribution is -0.160. The summed E-state index contributed by atoms with van der Waals surface area (Å²) in [5.74, 6) is -3.08. The second-order valence-electron chi connectivity index (χ2n) is 7.63. The number of nitrogen functional groups attached to an aromatic ring is 1. The SMILES string of the molecule is CC(C)(C)OC(=O)CON=C(C(=O)N[C@@H]1C(=O)N(S(=O)(=O)O)[C@@H]1COC(N)=O)c1csc(N)n1. The second kappa shape index (κ2) is 10.2. The zero-order chi connectivity index (χ0) is 25.8. The van der Waals surface area contributed by atoms with Gasteiger partial charge in [-0.15, -0.1) is 11.3 Å². The number of nitrogens with zero attached hydrogens (tertiary/aromatic N) is 3. The molecule has 2 heterocycles. The highest BCUT2D eigenvalue weighted by molar-refractivity contribution is 7.84. The van der Waals surface area contributed by atoms with Crippen LogP contribution in [0.4, 0.5) is 9.93 Å². The molecule has 188 valence electrons. The fourth-order valence-electron chi connectivity index (χ4n) is 2.62. The standard InChI is InChI=1S/C16H22N6O10S2/c1-16(2,3)32-9(23)5-31-21-10(7-6-33-14(17)19-7)12(24)20-11-8(4-30-15(18)26)22(13(11)25)34(27,28)29/h6,8,11H,4-5H2,1-3H3,(H2,17,19)(H2,18,26)(H,20,24)(H,27,28,29)/t8-,11+/m1/s1. The summed E-state index contributed by atoms with van der Waals surface area (Å²) >= 11 is 0.952. The van der Waals surface area contributed by atoms with Crippen molar-refractivity contribution in [2.75, 3.05) is 18.9 Å². The van der Waals surface area contributed by atoms with Gasteiger partial charge >= 0.3 is 22.4 Å². The number of anilines is 1. The smallest absolute Gasteiger partial charge is 0.404 e. The van der Waals surface area contributed by atoms with Gasteiger partial charge in [-0.2, -0.15) is 8.42 Å². The number of nitrogens with one attached hydrogen (secondary N) is 1. The van der Waals surface area contributed by atoms with Gasteiger partial charge in [-0.3, -0.25) is 14.1 Å². The summed E-state index contributed by atoms with van der Waals surface area (Å²) in [5.41, 5.74) is 9.03. The van der Waals surface area contributed by atoms with E-state index in [4.69, 9.17) is 21.0 Å². The molecule has 0 bridgehead atoms. The molecule has 0 aliphatic carbocycles. The quantitative estimate of drug-likeness (QED) is 0.0940. The summed E-state index contributed by atoms with van der Waals surface area (Å²) in [6, 6.07) is -3.05.